The number of urea groups is 1. The lowest BCUT2D eigenvalue weighted by molar-refractivity contribution is -0.119. The van der Waals surface area contributed by atoms with Crippen LogP contribution in [0.15, 0.2) is 24.3 Å². The monoisotopic (exact) mass is 445 g/mol. The Hall–Kier alpha value is -3.14. The van der Waals surface area contributed by atoms with Crippen LogP contribution in [0.3, 0.4) is 0 Å². The van der Waals surface area contributed by atoms with Crippen molar-refractivity contribution in [1.29, 1.82) is 0 Å². The van der Waals surface area contributed by atoms with E-state index in [1.165, 1.54) is 17.9 Å². The van der Waals surface area contributed by atoms with Gasteiger partial charge in [0.15, 0.2) is 0 Å². The van der Waals surface area contributed by atoms with Gasteiger partial charge in [0.25, 0.3) is 0 Å². The summed E-state index contributed by atoms with van der Waals surface area (Å²) in [6.45, 7) is 5.84. The van der Waals surface area contributed by atoms with Gasteiger partial charge in [0.2, 0.25) is 5.91 Å². The number of piperazine rings is 1. The number of nitrogens with one attached hydrogen (secondary N) is 2. The maximum Gasteiger partial charge on any atom is 0.414 e. The number of hydrogen-bond acceptors (Lipinski definition) is 5. The number of cyclic esters (lactones) is 1. The topological polar surface area (TPSA) is 94.2 Å². The summed E-state index contributed by atoms with van der Waals surface area (Å²) in [4.78, 5) is 40.9. The van der Waals surface area contributed by atoms with E-state index in [0.717, 1.165) is 18.7 Å². The summed E-state index contributed by atoms with van der Waals surface area (Å²) in [7, 11) is 0. The molecule has 1 atom stereocenters. The smallest absolute Gasteiger partial charge is 0.414 e. The van der Waals surface area contributed by atoms with E-state index >= 15 is 0 Å². The van der Waals surface area contributed by atoms with Gasteiger partial charge in [-0.1, -0.05) is 6.08 Å². The van der Waals surface area contributed by atoms with Crippen molar-refractivity contribution in [2.45, 2.75) is 19.4 Å². The van der Waals surface area contributed by atoms with Crippen LogP contribution in [0, 0.1) is 5.82 Å². The first-order valence-corrected chi connectivity index (χ1v) is 10.9. The van der Waals surface area contributed by atoms with Crippen molar-refractivity contribution in [2.24, 2.45) is 0 Å². The lowest BCUT2D eigenvalue weighted by Gasteiger charge is -2.34. The SMILES string of the molecule is CC(=O)NCC1CN(c2ccc(C3=CCN(C(=O)N4CCNCC4)CC3)c(F)c2)C(=O)O1. The van der Waals surface area contributed by atoms with Gasteiger partial charge >= 0.3 is 12.1 Å². The quantitative estimate of drug-likeness (QED) is 0.731. The van der Waals surface area contributed by atoms with Crippen LogP contribution < -0.4 is 15.5 Å². The Kier molecular flexibility index (Phi) is 6.59. The minimum absolute atomic E-state index is 0.0268. The van der Waals surface area contributed by atoms with Crippen molar-refractivity contribution in [1.82, 2.24) is 20.4 Å². The minimum atomic E-state index is -0.563. The molecule has 172 valence electrons. The molecule has 0 saturated carbocycles. The highest BCUT2D eigenvalue weighted by atomic mass is 19.1. The first-order chi connectivity index (χ1) is 15.4. The standard InChI is InChI=1S/C22H28FN5O4/c1-15(29)25-13-18-14-28(22(31)32-18)17-2-3-19(20(23)12-17)16-4-8-26(9-5-16)21(30)27-10-6-24-7-11-27/h2-4,12,18,24H,5-11,13-14H2,1H3,(H,25,29). The summed E-state index contributed by atoms with van der Waals surface area (Å²) in [6, 6.07) is 4.72. The molecule has 9 nitrogen and oxygen atoms in total. The van der Waals surface area contributed by atoms with E-state index in [0.29, 0.717) is 43.9 Å². The molecule has 4 rings (SSSR count). The third-order valence-corrected chi connectivity index (χ3v) is 5.93. The van der Waals surface area contributed by atoms with Gasteiger partial charge in [0.1, 0.15) is 11.9 Å². The fraction of sp³-hybridized carbons (Fsp3) is 0.500. The number of ether oxygens (including phenoxy) is 1. The second-order valence-corrected chi connectivity index (χ2v) is 8.16. The molecule has 1 aromatic carbocycles. The molecular formula is C22H28FN5O4. The number of benzene rings is 1. The molecule has 0 radical (unpaired) electrons. The van der Waals surface area contributed by atoms with Crippen LogP contribution in [0.2, 0.25) is 0 Å². The first kappa shape index (κ1) is 22.1. The zero-order valence-corrected chi connectivity index (χ0v) is 18.1. The van der Waals surface area contributed by atoms with Crippen molar-refractivity contribution >= 4 is 29.3 Å². The van der Waals surface area contributed by atoms with Crippen molar-refractivity contribution in [3.05, 3.63) is 35.7 Å². The van der Waals surface area contributed by atoms with Gasteiger partial charge in [0, 0.05) is 51.8 Å². The maximum absolute atomic E-state index is 14.9. The highest BCUT2D eigenvalue weighted by Crippen LogP contribution is 2.30. The van der Waals surface area contributed by atoms with Gasteiger partial charge in [-0.05, 0) is 30.2 Å². The number of anilines is 1. The Balaban J connectivity index is 1.39. The molecule has 3 aliphatic heterocycles. The average Bonchev–Trinajstić information content (AvgIpc) is 3.18. The molecular weight excluding hydrogens is 417 g/mol. The number of halogens is 1. The van der Waals surface area contributed by atoms with Gasteiger partial charge in [-0.3, -0.25) is 9.69 Å². The molecule has 0 aliphatic carbocycles. The zero-order valence-electron chi connectivity index (χ0n) is 18.1. The van der Waals surface area contributed by atoms with E-state index in [1.54, 1.807) is 17.0 Å². The zero-order chi connectivity index (χ0) is 22.7. The summed E-state index contributed by atoms with van der Waals surface area (Å²) in [5, 5.41) is 5.85. The van der Waals surface area contributed by atoms with Crippen LogP contribution in [0.1, 0.15) is 18.9 Å². The molecule has 1 aromatic rings. The van der Waals surface area contributed by atoms with E-state index in [-0.39, 0.29) is 25.0 Å². The van der Waals surface area contributed by atoms with Crippen LogP contribution in [0.25, 0.3) is 5.57 Å². The van der Waals surface area contributed by atoms with Gasteiger partial charge in [-0.15, -0.1) is 0 Å². The summed E-state index contributed by atoms with van der Waals surface area (Å²) in [5.41, 5.74) is 1.74. The van der Waals surface area contributed by atoms with Gasteiger partial charge in [-0.25, -0.2) is 14.0 Å². The fourth-order valence-electron chi connectivity index (χ4n) is 4.17. The van der Waals surface area contributed by atoms with Gasteiger partial charge < -0.3 is 25.2 Å². The minimum Gasteiger partial charge on any atom is -0.442 e. The largest absolute Gasteiger partial charge is 0.442 e. The highest BCUT2D eigenvalue weighted by molar-refractivity contribution is 5.90. The molecule has 2 N–H and O–H groups in total. The molecule has 32 heavy (non-hydrogen) atoms. The van der Waals surface area contributed by atoms with Crippen molar-refractivity contribution < 1.29 is 23.5 Å². The number of nitrogens with zero attached hydrogens (tertiary/aromatic N) is 3. The Labute approximate surface area is 186 Å². The molecule has 2 fully saturated rings. The van der Waals surface area contributed by atoms with Crippen molar-refractivity contribution in [3.63, 3.8) is 0 Å². The predicted molar refractivity (Wildman–Crippen MR) is 117 cm³/mol. The fourth-order valence-corrected chi connectivity index (χ4v) is 4.17. The van der Waals surface area contributed by atoms with Gasteiger partial charge in [0.05, 0.1) is 18.8 Å². The summed E-state index contributed by atoms with van der Waals surface area (Å²) in [6.07, 6.45) is 1.43. The predicted octanol–water partition coefficient (Wildman–Crippen LogP) is 1.40. The number of amides is 4. The Morgan fingerprint density at radius 1 is 1.22 bits per heavy atom. The van der Waals surface area contributed by atoms with Crippen LogP contribution in [0.5, 0.6) is 0 Å². The first-order valence-electron chi connectivity index (χ1n) is 10.9. The molecule has 0 aromatic heterocycles. The van der Waals surface area contributed by atoms with Crippen molar-refractivity contribution in [2.75, 3.05) is 57.3 Å². The van der Waals surface area contributed by atoms with Crippen LogP contribution >= 0.6 is 0 Å². The Morgan fingerprint density at radius 3 is 2.66 bits per heavy atom. The lowest BCUT2D eigenvalue weighted by atomic mass is 9.98. The molecule has 3 heterocycles. The van der Waals surface area contributed by atoms with E-state index in [2.05, 4.69) is 10.6 Å². The third kappa shape index (κ3) is 4.85. The lowest BCUT2D eigenvalue weighted by Crippen LogP contribution is -2.52. The summed E-state index contributed by atoms with van der Waals surface area (Å²) >= 11 is 0. The van der Waals surface area contributed by atoms with E-state index in [1.807, 2.05) is 11.0 Å². The van der Waals surface area contributed by atoms with Crippen LogP contribution in [0.4, 0.5) is 19.7 Å². The average molecular weight is 445 g/mol. The molecule has 10 heteroatoms. The molecule has 3 aliphatic rings. The van der Waals surface area contributed by atoms with Gasteiger partial charge in [-0.2, -0.15) is 0 Å². The molecule has 0 bridgehead atoms. The normalized spacial score (nSPS) is 21.3. The number of carbonyl (C=O) groups excluding carboxylic acids is 3. The van der Waals surface area contributed by atoms with Crippen molar-refractivity contribution in [3.8, 4) is 0 Å². The third-order valence-electron chi connectivity index (χ3n) is 5.93. The highest BCUT2D eigenvalue weighted by Gasteiger charge is 2.33. The number of rotatable bonds is 4. The molecule has 1 unspecified atom stereocenters. The number of carbonyl (C=O) groups is 3. The molecule has 4 amide bonds. The second-order valence-electron chi connectivity index (χ2n) is 8.16. The summed E-state index contributed by atoms with van der Waals surface area (Å²) in [5.74, 6) is -0.627. The second kappa shape index (κ2) is 9.56. The Bertz CT molecular complexity index is 931. The summed E-state index contributed by atoms with van der Waals surface area (Å²) < 4.78 is 20.2. The van der Waals surface area contributed by atoms with E-state index in [9.17, 15) is 18.8 Å². The maximum atomic E-state index is 14.9. The molecule has 2 saturated heterocycles. The number of hydrogen-bond donors (Lipinski definition) is 2. The van der Waals surface area contributed by atoms with E-state index in [4.69, 9.17) is 4.74 Å². The Morgan fingerprint density at radius 2 is 2.00 bits per heavy atom. The van der Waals surface area contributed by atoms with Crippen LogP contribution in [-0.2, 0) is 9.53 Å². The van der Waals surface area contributed by atoms with E-state index < -0.39 is 18.0 Å². The molecule has 0 spiro atoms. The van der Waals surface area contributed by atoms with Crippen LogP contribution in [-0.4, -0.2) is 86.3 Å².